The zero-order chi connectivity index (χ0) is 21.3. The number of amides is 1. The summed E-state index contributed by atoms with van der Waals surface area (Å²) in [6.45, 7) is 3.50. The molecule has 0 bridgehead atoms. The maximum atomic E-state index is 13.0. The fourth-order valence-electron chi connectivity index (χ4n) is 4.12. The molecule has 0 aliphatic carbocycles. The number of nitrogens with zero attached hydrogens (tertiary/aromatic N) is 2. The lowest BCUT2D eigenvalue weighted by atomic mass is 9.96. The fraction of sp³-hybridized carbons (Fsp3) is 0.542. The largest absolute Gasteiger partial charge is 0.346 e. The van der Waals surface area contributed by atoms with Gasteiger partial charge in [-0.15, -0.1) is 0 Å². The predicted molar refractivity (Wildman–Crippen MR) is 119 cm³/mol. The minimum Gasteiger partial charge on any atom is -0.346 e. The van der Waals surface area contributed by atoms with Crippen LogP contribution in [0, 0.1) is 5.92 Å². The Morgan fingerprint density at radius 3 is 2.77 bits per heavy atom. The summed E-state index contributed by atoms with van der Waals surface area (Å²) >= 11 is 0. The number of carbonyl (C=O) groups excluding carboxylic acids is 2. The third-order valence-corrected chi connectivity index (χ3v) is 5.84. The molecule has 1 fully saturated rings. The highest BCUT2D eigenvalue weighted by Gasteiger charge is 2.27. The van der Waals surface area contributed by atoms with Crippen LogP contribution in [-0.2, 0) is 9.59 Å². The second-order valence-electron chi connectivity index (χ2n) is 8.51. The number of hydrogen-bond donors (Lipinski definition) is 2. The molecular weight excluding hydrogens is 376 g/mol. The van der Waals surface area contributed by atoms with E-state index in [1.807, 2.05) is 36.5 Å². The first kappa shape index (κ1) is 22.2. The molecule has 162 valence electrons. The summed E-state index contributed by atoms with van der Waals surface area (Å²) in [5, 5.41) is 3.26. The van der Waals surface area contributed by atoms with Gasteiger partial charge in [-0.1, -0.05) is 43.2 Å². The lowest BCUT2D eigenvalue weighted by Gasteiger charge is -2.30. The topological polar surface area (TPSA) is 78.1 Å². The summed E-state index contributed by atoms with van der Waals surface area (Å²) in [7, 11) is 2.07. The molecule has 6 nitrogen and oxygen atoms in total. The van der Waals surface area contributed by atoms with Crippen molar-refractivity contribution in [3.05, 3.63) is 42.4 Å². The molecule has 2 aromatic rings. The van der Waals surface area contributed by atoms with Crippen molar-refractivity contribution < 1.29 is 9.59 Å². The van der Waals surface area contributed by atoms with Crippen molar-refractivity contribution in [3.8, 4) is 11.3 Å². The van der Waals surface area contributed by atoms with Crippen molar-refractivity contribution in [2.24, 2.45) is 5.92 Å². The Morgan fingerprint density at radius 2 is 2.03 bits per heavy atom. The molecule has 1 amide bonds. The van der Waals surface area contributed by atoms with Crippen molar-refractivity contribution in [1.82, 2.24) is 20.2 Å². The average Bonchev–Trinajstić information content (AvgIpc) is 3.23. The lowest BCUT2D eigenvalue weighted by Crippen LogP contribution is -2.42. The molecule has 1 aromatic carbocycles. The van der Waals surface area contributed by atoms with Gasteiger partial charge in [0, 0.05) is 13.0 Å². The first-order chi connectivity index (χ1) is 14.5. The number of aromatic amines is 1. The van der Waals surface area contributed by atoms with Gasteiger partial charge in [0.25, 0.3) is 0 Å². The molecular formula is C24H34N4O2. The first-order valence-corrected chi connectivity index (χ1v) is 11.1. The number of carbonyl (C=O) groups is 2. The van der Waals surface area contributed by atoms with Gasteiger partial charge in [-0.3, -0.25) is 4.79 Å². The van der Waals surface area contributed by atoms with Crippen LogP contribution in [0.25, 0.3) is 11.3 Å². The van der Waals surface area contributed by atoms with E-state index >= 15 is 0 Å². The van der Waals surface area contributed by atoms with Crippen molar-refractivity contribution >= 4 is 11.7 Å². The number of rotatable bonds is 10. The number of piperidine rings is 1. The molecule has 6 heteroatoms. The molecule has 1 aliphatic heterocycles. The Morgan fingerprint density at radius 1 is 1.23 bits per heavy atom. The molecule has 1 saturated heterocycles. The van der Waals surface area contributed by atoms with Gasteiger partial charge in [0.05, 0.1) is 23.9 Å². The van der Waals surface area contributed by atoms with Gasteiger partial charge in [-0.2, -0.15) is 0 Å². The van der Waals surface area contributed by atoms with E-state index in [2.05, 4.69) is 27.2 Å². The second kappa shape index (κ2) is 11.1. The predicted octanol–water partition coefficient (Wildman–Crippen LogP) is 4.12. The minimum absolute atomic E-state index is 0.0347. The number of aromatic nitrogens is 2. The third-order valence-electron chi connectivity index (χ3n) is 5.84. The van der Waals surface area contributed by atoms with Crippen LogP contribution in [0.3, 0.4) is 0 Å². The van der Waals surface area contributed by atoms with E-state index in [9.17, 15) is 9.59 Å². The summed E-state index contributed by atoms with van der Waals surface area (Å²) in [5.41, 5.74) is 2.04. The third kappa shape index (κ3) is 6.52. The van der Waals surface area contributed by atoms with Gasteiger partial charge in [0.1, 0.15) is 11.6 Å². The van der Waals surface area contributed by atoms with E-state index in [1.165, 1.54) is 0 Å². The van der Waals surface area contributed by atoms with E-state index in [4.69, 9.17) is 0 Å². The number of H-pyrrole nitrogens is 1. The molecule has 0 radical (unpaired) electrons. The number of Topliss-reactive ketones (excluding diaryl/α,β-unsaturated/α-hetero) is 1. The molecule has 30 heavy (non-hydrogen) atoms. The number of ketones is 1. The summed E-state index contributed by atoms with van der Waals surface area (Å²) in [6, 6.07) is 9.95. The number of benzene rings is 1. The summed E-state index contributed by atoms with van der Waals surface area (Å²) in [6.07, 6.45) is 8.11. The highest BCUT2D eigenvalue weighted by Crippen LogP contribution is 2.24. The lowest BCUT2D eigenvalue weighted by molar-refractivity contribution is -0.127. The molecule has 1 aliphatic rings. The van der Waals surface area contributed by atoms with E-state index in [-0.39, 0.29) is 23.7 Å². The van der Waals surface area contributed by atoms with E-state index in [1.54, 1.807) is 6.92 Å². The number of hydrogen-bond acceptors (Lipinski definition) is 4. The SMILES string of the molecule is CC(=O)CCCCC[C@H](NC(=O)C1CCCN(C)C1)c1ncc(-c2ccccc2)[nH]1. The molecule has 2 heterocycles. The zero-order valence-corrected chi connectivity index (χ0v) is 18.2. The van der Waals surface area contributed by atoms with Crippen LogP contribution in [0.4, 0.5) is 0 Å². The van der Waals surface area contributed by atoms with Crippen LogP contribution in [-0.4, -0.2) is 46.7 Å². The van der Waals surface area contributed by atoms with Crippen LogP contribution in [0.15, 0.2) is 36.5 Å². The smallest absolute Gasteiger partial charge is 0.224 e. The van der Waals surface area contributed by atoms with Crippen molar-refractivity contribution in [3.63, 3.8) is 0 Å². The Labute approximate surface area is 179 Å². The number of unbranched alkanes of at least 4 members (excludes halogenated alkanes) is 2. The van der Waals surface area contributed by atoms with Crippen LogP contribution >= 0.6 is 0 Å². The Kier molecular flexibility index (Phi) is 8.20. The Balaban J connectivity index is 1.66. The molecule has 1 unspecified atom stereocenters. The molecule has 3 rings (SSSR count). The van der Waals surface area contributed by atoms with E-state index in [0.717, 1.165) is 68.7 Å². The second-order valence-corrected chi connectivity index (χ2v) is 8.51. The Hall–Kier alpha value is -2.47. The monoisotopic (exact) mass is 410 g/mol. The number of likely N-dealkylation sites (tertiary alicyclic amines) is 1. The van der Waals surface area contributed by atoms with E-state index in [0.29, 0.717) is 6.42 Å². The minimum atomic E-state index is -0.139. The fourth-order valence-corrected chi connectivity index (χ4v) is 4.12. The van der Waals surface area contributed by atoms with Crippen LogP contribution < -0.4 is 5.32 Å². The number of imidazole rings is 1. The van der Waals surface area contributed by atoms with Gasteiger partial charge < -0.3 is 20.0 Å². The normalized spacial score (nSPS) is 18.1. The van der Waals surface area contributed by atoms with Crippen molar-refractivity contribution in [2.75, 3.05) is 20.1 Å². The van der Waals surface area contributed by atoms with Gasteiger partial charge in [0.15, 0.2) is 0 Å². The van der Waals surface area contributed by atoms with Gasteiger partial charge in [-0.25, -0.2) is 4.98 Å². The Bertz CT molecular complexity index is 818. The maximum absolute atomic E-state index is 13.0. The van der Waals surface area contributed by atoms with Gasteiger partial charge in [-0.05, 0) is 51.8 Å². The van der Waals surface area contributed by atoms with E-state index < -0.39 is 0 Å². The first-order valence-electron chi connectivity index (χ1n) is 11.1. The molecule has 0 spiro atoms. The summed E-state index contributed by atoms with van der Waals surface area (Å²) in [4.78, 5) is 34.4. The highest BCUT2D eigenvalue weighted by molar-refractivity contribution is 5.79. The zero-order valence-electron chi connectivity index (χ0n) is 18.2. The number of nitrogens with one attached hydrogen (secondary N) is 2. The highest BCUT2D eigenvalue weighted by atomic mass is 16.2. The van der Waals surface area contributed by atoms with Crippen LogP contribution in [0.1, 0.15) is 63.7 Å². The summed E-state index contributed by atoms with van der Waals surface area (Å²) < 4.78 is 0. The molecule has 0 saturated carbocycles. The van der Waals surface area contributed by atoms with Crippen LogP contribution in [0.2, 0.25) is 0 Å². The molecule has 1 aromatic heterocycles. The van der Waals surface area contributed by atoms with Gasteiger partial charge in [0.2, 0.25) is 5.91 Å². The van der Waals surface area contributed by atoms with Crippen molar-refractivity contribution in [2.45, 2.75) is 57.9 Å². The summed E-state index contributed by atoms with van der Waals surface area (Å²) in [5.74, 6) is 1.19. The maximum Gasteiger partial charge on any atom is 0.224 e. The van der Waals surface area contributed by atoms with Crippen LogP contribution in [0.5, 0.6) is 0 Å². The van der Waals surface area contributed by atoms with Gasteiger partial charge >= 0.3 is 0 Å². The molecule has 2 N–H and O–H groups in total. The van der Waals surface area contributed by atoms with Crippen molar-refractivity contribution in [1.29, 1.82) is 0 Å². The quantitative estimate of drug-likeness (QED) is 0.578. The standard InChI is InChI=1S/C24H34N4O2/c1-18(29)10-5-3-8-14-21(27-24(30)20-13-9-15-28(2)17-20)23-25-16-22(26-23)19-11-6-4-7-12-19/h4,6-7,11-12,16,20-21H,3,5,8-10,13-15,17H2,1-2H3,(H,25,26)(H,27,30)/t20?,21-/m0/s1. The molecule has 2 atom stereocenters. The average molecular weight is 411 g/mol.